The molecule has 4 heteroatoms. The molecule has 5 saturated carbocycles. The van der Waals surface area contributed by atoms with Crippen molar-refractivity contribution in [1.29, 1.82) is 0 Å². The average molecular weight is 343 g/mol. The summed E-state index contributed by atoms with van der Waals surface area (Å²) >= 11 is 0. The first-order chi connectivity index (χ1) is 11.8. The second-order valence-electron chi connectivity index (χ2n) is 10.3. The highest BCUT2D eigenvalue weighted by atomic mass is 16.7. The van der Waals surface area contributed by atoms with Gasteiger partial charge in [-0.1, -0.05) is 20.8 Å². The quantitative estimate of drug-likeness (QED) is 0.789. The normalized spacial score (nSPS) is 46.0. The van der Waals surface area contributed by atoms with Gasteiger partial charge in [0.1, 0.15) is 5.70 Å². The molecule has 0 aromatic heterocycles. The number of rotatable bonds is 3. The van der Waals surface area contributed by atoms with Crippen LogP contribution in [0.25, 0.3) is 0 Å². The Hall–Kier alpha value is -1.32. The molecule has 25 heavy (non-hydrogen) atoms. The predicted octanol–water partition coefficient (Wildman–Crippen LogP) is 3.91. The van der Waals surface area contributed by atoms with Gasteiger partial charge in [-0.25, -0.2) is 10.3 Å². The van der Waals surface area contributed by atoms with Crippen LogP contribution < -0.4 is 5.48 Å². The van der Waals surface area contributed by atoms with Crippen LogP contribution in [0.2, 0.25) is 0 Å². The Bertz CT molecular complexity index is 669. The minimum Gasteiger partial charge on any atom is -0.343 e. The molecule has 5 fully saturated rings. The molecule has 6 aliphatic rings. The van der Waals surface area contributed by atoms with E-state index in [2.05, 4.69) is 26.3 Å². The van der Waals surface area contributed by atoms with Gasteiger partial charge in [0.25, 0.3) is 0 Å². The Kier molecular flexibility index (Phi) is 2.98. The number of fused-ring (bicyclic) bond motifs is 2. The fourth-order valence-electron chi connectivity index (χ4n) is 7.26. The second kappa shape index (κ2) is 4.69. The van der Waals surface area contributed by atoms with Crippen molar-refractivity contribution >= 4 is 11.8 Å². The number of carbonyl (C=O) groups is 2. The Morgan fingerprint density at radius 3 is 2.08 bits per heavy atom. The fraction of sp³-hybridized carbons (Fsp3) is 0.810. The molecule has 0 spiro atoms. The van der Waals surface area contributed by atoms with Crippen LogP contribution in [0, 0.1) is 34.0 Å². The molecule has 0 saturated heterocycles. The summed E-state index contributed by atoms with van der Waals surface area (Å²) in [5.74, 6) is 2.14. The van der Waals surface area contributed by atoms with Gasteiger partial charge in [-0.2, -0.15) is 0 Å². The third-order valence-electron chi connectivity index (χ3n) is 8.76. The molecule has 0 amide bonds. The third kappa shape index (κ3) is 1.89. The summed E-state index contributed by atoms with van der Waals surface area (Å²) in [5, 5.41) is 0. The molecule has 136 valence electrons. The lowest BCUT2D eigenvalue weighted by Gasteiger charge is -2.54. The lowest BCUT2D eigenvalue weighted by atomic mass is 9.49. The minimum absolute atomic E-state index is 0.113. The summed E-state index contributed by atoms with van der Waals surface area (Å²) in [7, 11) is 0. The Morgan fingerprint density at radius 2 is 1.60 bits per heavy atom. The highest BCUT2D eigenvalue weighted by Gasteiger charge is 2.61. The van der Waals surface area contributed by atoms with Gasteiger partial charge in [-0.05, 0) is 74.7 Å². The first-order valence-electron chi connectivity index (χ1n) is 10.0. The van der Waals surface area contributed by atoms with E-state index in [4.69, 9.17) is 4.84 Å². The summed E-state index contributed by atoms with van der Waals surface area (Å²) in [5.41, 5.74) is 3.78. The van der Waals surface area contributed by atoms with Crippen molar-refractivity contribution in [3.8, 4) is 0 Å². The Morgan fingerprint density at radius 1 is 1.04 bits per heavy atom. The molecule has 0 aromatic carbocycles. The van der Waals surface area contributed by atoms with Gasteiger partial charge in [-0.3, -0.25) is 4.79 Å². The number of hydrogen-bond acceptors (Lipinski definition) is 4. The number of allylic oxidation sites excluding steroid dienone is 2. The molecule has 4 nitrogen and oxygen atoms in total. The van der Waals surface area contributed by atoms with E-state index in [9.17, 15) is 9.59 Å². The zero-order valence-corrected chi connectivity index (χ0v) is 15.6. The van der Waals surface area contributed by atoms with Crippen molar-refractivity contribution in [2.45, 2.75) is 72.1 Å². The van der Waals surface area contributed by atoms with Gasteiger partial charge in [0, 0.05) is 10.8 Å². The number of Topliss-reactive ketones (excluding diaryl/α,β-unsaturated/α-hetero) is 1. The highest BCUT2D eigenvalue weighted by Crippen LogP contribution is 2.63. The lowest BCUT2D eigenvalue weighted by molar-refractivity contribution is -0.177. The van der Waals surface area contributed by atoms with Crippen molar-refractivity contribution in [1.82, 2.24) is 5.48 Å². The Labute approximate surface area is 149 Å². The molecule has 1 unspecified atom stereocenters. The molecule has 0 heterocycles. The van der Waals surface area contributed by atoms with E-state index in [1.807, 2.05) is 0 Å². The van der Waals surface area contributed by atoms with Crippen molar-refractivity contribution in [2.24, 2.45) is 34.0 Å². The minimum atomic E-state index is -0.349. The maximum atomic E-state index is 13.0. The van der Waals surface area contributed by atoms with Crippen molar-refractivity contribution in [3.05, 3.63) is 11.3 Å². The molecule has 6 rings (SSSR count). The molecule has 6 bridgehead atoms. The molecule has 0 radical (unpaired) electrons. The smallest absolute Gasteiger partial charge is 0.338 e. The first kappa shape index (κ1) is 15.9. The van der Waals surface area contributed by atoms with Gasteiger partial charge in [0.2, 0.25) is 0 Å². The maximum Gasteiger partial charge on any atom is 0.338 e. The maximum absolute atomic E-state index is 13.0. The third-order valence-corrected chi connectivity index (χ3v) is 8.76. The lowest BCUT2D eigenvalue weighted by Crippen LogP contribution is -2.51. The summed E-state index contributed by atoms with van der Waals surface area (Å²) in [6.07, 6.45) is 8.71. The van der Waals surface area contributed by atoms with E-state index in [-0.39, 0.29) is 28.0 Å². The van der Waals surface area contributed by atoms with Crippen LogP contribution in [-0.2, 0) is 14.4 Å². The topological polar surface area (TPSA) is 55.4 Å². The predicted molar refractivity (Wildman–Crippen MR) is 93.0 cm³/mol. The van der Waals surface area contributed by atoms with Crippen molar-refractivity contribution < 1.29 is 14.4 Å². The van der Waals surface area contributed by atoms with Crippen LogP contribution in [0.4, 0.5) is 0 Å². The van der Waals surface area contributed by atoms with Gasteiger partial charge < -0.3 is 4.84 Å². The van der Waals surface area contributed by atoms with E-state index in [0.717, 1.165) is 37.7 Å². The zero-order valence-electron chi connectivity index (χ0n) is 15.6. The number of ketones is 1. The number of hydrogen-bond donors (Lipinski definition) is 1. The standard InChI is InChI=1S/C21H29NO3/c1-19(2)15-4-5-20(19,3)17(23)16(15)22-25-18(24)21-9-12-6-13(10-21)8-14(7-12)11-21/h12-14,22H,4-11H2,1-3H3. The molecular weight excluding hydrogens is 314 g/mol. The average Bonchev–Trinajstić information content (AvgIpc) is 2.84. The first-order valence-corrected chi connectivity index (χ1v) is 10.0. The van der Waals surface area contributed by atoms with Gasteiger partial charge in [0.15, 0.2) is 5.78 Å². The fourth-order valence-corrected chi connectivity index (χ4v) is 7.26. The molecule has 0 aliphatic heterocycles. The molecule has 6 aliphatic carbocycles. The molecule has 0 aromatic rings. The van der Waals surface area contributed by atoms with Gasteiger partial charge >= 0.3 is 5.97 Å². The number of hydroxylamine groups is 1. The van der Waals surface area contributed by atoms with Gasteiger partial charge in [0.05, 0.1) is 5.41 Å². The summed E-state index contributed by atoms with van der Waals surface area (Å²) in [6, 6.07) is 0. The Balaban J connectivity index is 1.34. The summed E-state index contributed by atoms with van der Waals surface area (Å²) in [4.78, 5) is 31.4. The second-order valence-corrected chi connectivity index (χ2v) is 10.3. The highest BCUT2D eigenvalue weighted by molar-refractivity contribution is 6.05. The van der Waals surface area contributed by atoms with Crippen LogP contribution in [0.5, 0.6) is 0 Å². The molecular formula is C21H29NO3. The van der Waals surface area contributed by atoms with Crippen LogP contribution in [-0.4, -0.2) is 11.8 Å². The number of nitrogens with one attached hydrogen (secondary N) is 1. The van der Waals surface area contributed by atoms with Crippen LogP contribution in [0.1, 0.15) is 72.1 Å². The zero-order chi connectivity index (χ0) is 17.6. The summed E-state index contributed by atoms with van der Waals surface area (Å²) < 4.78 is 0. The van der Waals surface area contributed by atoms with Crippen LogP contribution in [0.3, 0.4) is 0 Å². The van der Waals surface area contributed by atoms with E-state index in [0.29, 0.717) is 23.5 Å². The molecule has 1 atom stereocenters. The SMILES string of the molecule is CC1(C)C2=C(NOC(=O)C34CC5CC(CC(C5)C3)C4)C(=O)C1(C)CC2. The largest absolute Gasteiger partial charge is 0.343 e. The summed E-state index contributed by atoms with van der Waals surface area (Å²) in [6.45, 7) is 6.34. The number of carbonyl (C=O) groups excluding carboxylic acids is 2. The van der Waals surface area contributed by atoms with Crippen molar-refractivity contribution in [3.63, 3.8) is 0 Å². The van der Waals surface area contributed by atoms with E-state index < -0.39 is 0 Å². The van der Waals surface area contributed by atoms with E-state index >= 15 is 0 Å². The monoisotopic (exact) mass is 343 g/mol. The van der Waals surface area contributed by atoms with Crippen LogP contribution in [0.15, 0.2) is 11.3 Å². The van der Waals surface area contributed by atoms with Crippen molar-refractivity contribution in [2.75, 3.05) is 0 Å². The van der Waals surface area contributed by atoms with Crippen LogP contribution >= 0.6 is 0 Å². The molecule has 1 N–H and O–H groups in total. The van der Waals surface area contributed by atoms with Gasteiger partial charge in [-0.15, -0.1) is 0 Å². The van der Waals surface area contributed by atoms with E-state index in [1.54, 1.807) is 0 Å². The van der Waals surface area contributed by atoms with E-state index in [1.165, 1.54) is 19.3 Å².